The van der Waals surface area contributed by atoms with Gasteiger partial charge in [-0.05, 0) is 11.4 Å². The first-order valence-corrected chi connectivity index (χ1v) is 5.32. The minimum Gasteiger partial charge on any atom is -0.481 e. The molecule has 0 bridgehead atoms. The highest BCUT2D eigenvalue weighted by atomic mass is 32.1. The molecule has 7 heteroatoms. The van der Waals surface area contributed by atoms with Crippen molar-refractivity contribution in [1.82, 2.24) is 5.32 Å². The van der Waals surface area contributed by atoms with Crippen molar-refractivity contribution >= 4 is 17.3 Å². The second kappa shape index (κ2) is 5.31. The van der Waals surface area contributed by atoms with E-state index >= 15 is 0 Å². The van der Waals surface area contributed by atoms with Crippen molar-refractivity contribution < 1.29 is 23.1 Å². The summed E-state index contributed by atoms with van der Waals surface area (Å²) < 4.78 is 36.7. The Morgan fingerprint density at radius 2 is 2.25 bits per heavy atom. The second-order valence-electron chi connectivity index (χ2n) is 3.14. The third-order valence-electron chi connectivity index (χ3n) is 1.92. The summed E-state index contributed by atoms with van der Waals surface area (Å²) in [4.78, 5) is 11.2. The van der Waals surface area contributed by atoms with Crippen molar-refractivity contribution in [3.05, 3.63) is 22.4 Å². The van der Waals surface area contributed by atoms with E-state index in [1.54, 1.807) is 17.5 Å². The van der Waals surface area contributed by atoms with Gasteiger partial charge in [-0.2, -0.15) is 13.2 Å². The molecule has 3 nitrogen and oxygen atoms in total. The van der Waals surface area contributed by atoms with E-state index in [1.165, 1.54) is 11.3 Å². The number of carboxylic acids is 1. The molecule has 0 radical (unpaired) electrons. The fourth-order valence-electron chi connectivity index (χ4n) is 1.10. The fourth-order valence-corrected chi connectivity index (χ4v) is 1.77. The van der Waals surface area contributed by atoms with E-state index in [4.69, 9.17) is 5.11 Å². The summed E-state index contributed by atoms with van der Waals surface area (Å²) in [5.41, 5.74) is 0. The molecule has 0 saturated heterocycles. The van der Waals surface area contributed by atoms with Gasteiger partial charge in [0.2, 0.25) is 0 Å². The molecule has 0 amide bonds. The van der Waals surface area contributed by atoms with Crippen LogP contribution in [0.3, 0.4) is 0 Å². The highest BCUT2D eigenvalue weighted by molar-refractivity contribution is 7.09. The Labute approximate surface area is 93.9 Å². The maximum absolute atomic E-state index is 12.2. The van der Waals surface area contributed by atoms with Crippen molar-refractivity contribution in [3.8, 4) is 0 Å². The van der Waals surface area contributed by atoms with Crippen molar-refractivity contribution in [2.75, 3.05) is 6.54 Å². The van der Waals surface area contributed by atoms with E-state index < -0.39 is 24.6 Å². The van der Waals surface area contributed by atoms with Gasteiger partial charge in [-0.15, -0.1) is 11.3 Å². The first-order valence-electron chi connectivity index (χ1n) is 4.44. The van der Waals surface area contributed by atoms with Gasteiger partial charge in [-0.3, -0.25) is 4.79 Å². The van der Waals surface area contributed by atoms with Gasteiger partial charge in [0.1, 0.15) is 0 Å². The van der Waals surface area contributed by atoms with Gasteiger partial charge in [0.15, 0.2) is 5.92 Å². The lowest BCUT2D eigenvalue weighted by molar-refractivity contribution is -0.192. The number of nitrogens with one attached hydrogen (secondary N) is 1. The number of hydrogen-bond donors (Lipinski definition) is 2. The molecule has 0 aliphatic carbocycles. The molecular formula is C9H10F3NO2S. The lowest BCUT2D eigenvalue weighted by atomic mass is 10.1. The highest BCUT2D eigenvalue weighted by Gasteiger charge is 2.44. The van der Waals surface area contributed by atoms with Crippen molar-refractivity contribution in [2.45, 2.75) is 12.7 Å². The summed E-state index contributed by atoms with van der Waals surface area (Å²) in [6.45, 7) is -0.367. The van der Waals surface area contributed by atoms with E-state index in [0.717, 1.165) is 4.88 Å². The molecule has 1 aromatic rings. The summed E-state index contributed by atoms with van der Waals surface area (Å²) in [5, 5.41) is 12.7. The molecule has 1 unspecified atom stereocenters. The van der Waals surface area contributed by atoms with E-state index in [1.807, 2.05) is 0 Å². The largest absolute Gasteiger partial charge is 0.481 e. The summed E-state index contributed by atoms with van der Waals surface area (Å²) >= 11 is 1.40. The number of rotatable bonds is 5. The standard InChI is InChI=1S/C9H10F3NO2S/c10-9(11,12)7(8(14)15)5-13-4-6-2-1-3-16-6/h1-3,7,13H,4-5H2,(H,14,15). The molecule has 1 heterocycles. The van der Waals surface area contributed by atoms with Crippen molar-refractivity contribution in [2.24, 2.45) is 5.92 Å². The predicted octanol–water partition coefficient (Wildman–Crippen LogP) is 2.10. The molecule has 0 spiro atoms. The second-order valence-corrected chi connectivity index (χ2v) is 4.17. The smallest absolute Gasteiger partial charge is 0.403 e. The van der Waals surface area contributed by atoms with Gasteiger partial charge < -0.3 is 10.4 Å². The summed E-state index contributed by atoms with van der Waals surface area (Å²) in [6, 6.07) is 3.54. The minimum atomic E-state index is -4.71. The lowest BCUT2D eigenvalue weighted by Gasteiger charge is -2.16. The van der Waals surface area contributed by atoms with Crippen LogP contribution < -0.4 is 5.32 Å². The van der Waals surface area contributed by atoms with Crippen LogP contribution in [0, 0.1) is 5.92 Å². The molecule has 0 aliphatic rings. The van der Waals surface area contributed by atoms with Crippen molar-refractivity contribution in [3.63, 3.8) is 0 Å². The van der Waals surface area contributed by atoms with E-state index in [9.17, 15) is 18.0 Å². The molecular weight excluding hydrogens is 243 g/mol. The molecule has 0 saturated carbocycles. The molecule has 1 atom stereocenters. The zero-order chi connectivity index (χ0) is 12.2. The molecule has 1 rings (SSSR count). The summed E-state index contributed by atoms with van der Waals surface area (Å²) in [5.74, 6) is -4.21. The van der Waals surface area contributed by atoms with E-state index in [-0.39, 0.29) is 6.54 Å². The maximum atomic E-state index is 12.2. The Morgan fingerprint density at radius 3 is 2.69 bits per heavy atom. The van der Waals surface area contributed by atoms with Crippen LogP contribution in [0.1, 0.15) is 4.88 Å². The van der Waals surface area contributed by atoms with Gasteiger partial charge in [-0.1, -0.05) is 6.07 Å². The van der Waals surface area contributed by atoms with Gasteiger partial charge in [0.25, 0.3) is 0 Å². The van der Waals surface area contributed by atoms with Crippen LogP contribution in [0.4, 0.5) is 13.2 Å². The number of carbonyl (C=O) groups is 1. The monoisotopic (exact) mass is 253 g/mol. The Balaban J connectivity index is 2.42. The van der Waals surface area contributed by atoms with Crippen molar-refractivity contribution in [1.29, 1.82) is 0 Å². The van der Waals surface area contributed by atoms with Crippen LogP contribution in [0.15, 0.2) is 17.5 Å². The number of thiophene rings is 1. The number of aliphatic carboxylic acids is 1. The predicted molar refractivity (Wildman–Crippen MR) is 53.2 cm³/mol. The Bertz CT molecular complexity index is 337. The molecule has 0 fully saturated rings. The maximum Gasteiger partial charge on any atom is 0.403 e. The topological polar surface area (TPSA) is 49.3 Å². The van der Waals surface area contributed by atoms with Crippen LogP contribution in [-0.4, -0.2) is 23.8 Å². The SMILES string of the molecule is O=C(O)C(CNCc1cccs1)C(F)(F)F. The first kappa shape index (κ1) is 13.0. The average molecular weight is 253 g/mol. The van der Waals surface area contributed by atoms with E-state index in [0.29, 0.717) is 0 Å². The zero-order valence-electron chi connectivity index (χ0n) is 8.12. The van der Waals surface area contributed by atoms with Crippen LogP contribution >= 0.6 is 11.3 Å². The van der Waals surface area contributed by atoms with Gasteiger partial charge in [0, 0.05) is 18.0 Å². The molecule has 0 aromatic carbocycles. The normalized spacial score (nSPS) is 13.7. The third-order valence-corrected chi connectivity index (χ3v) is 2.80. The number of halogens is 3. The number of carboxylic acid groups (broad SMARTS) is 1. The molecule has 90 valence electrons. The fraction of sp³-hybridized carbons (Fsp3) is 0.444. The van der Waals surface area contributed by atoms with Crippen LogP contribution in [0.25, 0.3) is 0 Å². The van der Waals surface area contributed by atoms with Gasteiger partial charge in [0.05, 0.1) is 0 Å². The molecule has 2 N–H and O–H groups in total. The zero-order valence-corrected chi connectivity index (χ0v) is 8.94. The first-order chi connectivity index (χ1) is 7.41. The number of hydrogen-bond acceptors (Lipinski definition) is 3. The highest BCUT2D eigenvalue weighted by Crippen LogP contribution is 2.25. The average Bonchev–Trinajstić information content (AvgIpc) is 2.61. The number of alkyl halides is 3. The van der Waals surface area contributed by atoms with Gasteiger partial charge in [-0.25, -0.2) is 0 Å². The molecule has 0 aliphatic heterocycles. The molecule has 1 aromatic heterocycles. The van der Waals surface area contributed by atoms with Gasteiger partial charge >= 0.3 is 12.1 Å². The van der Waals surface area contributed by atoms with Crippen LogP contribution in [0.5, 0.6) is 0 Å². The third kappa shape index (κ3) is 3.82. The van der Waals surface area contributed by atoms with E-state index in [2.05, 4.69) is 5.32 Å². The Morgan fingerprint density at radius 1 is 1.56 bits per heavy atom. The van der Waals surface area contributed by atoms with Crippen LogP contribution in [-0.2, 0) is 11.3 Å². The Kier molecular flexibility index (Phi) is 4.31. The lowest BCUT2D eigenvalue weighted by Crippen LogP contribution is -2.38. The quantitative estimate of drug-likeness (QED) is 0.844. The Hall–Kier alpha value is -1.08. The molecule has 16 heavy (non-hydrogen) atoms. The summed E-state index contributed by atoms with van der Waals surface area (Å²) in [7, 11) is 0. The van der Waals surface area contributed by atoms with Crippen LogP contribution in [0.2, 0.25) is 0 Å². The minimum absolute atomic E-state index is 0.248. The summed E-state index contributed by atoms with van der Waals surface area (Å²) in [6.07, 6.45) is -4.71.